The molecule has 0 radical (unpaired) electrons. The van der Waals surface area contributed by atoms with Crippen molar-refractivity contribution in [3.8, 4) is 5.75 Å². The lowest BCUT2D eigenvalue weighted by atomic mass is 10.1. The van der Waals surface area contributed by atoms with E-state index in [1.54, 1.807) is 0 Å². The fourth-order valence-corrected chi connectivity index (χ4v) is 1.21. The van der Waals surface area contributed by atoms with Crippen LogP contribution in [-0.4, -0.2) is 19.1 Å². The third-order valence-corrected chi connectivity index (χ3v) is 2.07. The van der Waals surface area contributed by atoms with Crippen LogP contribution in [0.2, 0.25) is 0 Å². The summed E-state index contributed by atoms with van der Waals surface area (Å²) in [6.07, 6.45) is -4.87. The molecule has 0 saturated heterocycles. The van der Waals surface area contributed by atoms with Gasteiger partial charge in [-0.3, -0.25) is 4.79 Å². The number of benzene rings is 1. The number of Topliss-reactive ketones (excluding diaryl/α,β-unsaturated/α-hetero) is 1. The smallest absolute Gasteiger partial charge is 0.454 e. The van der Waals surface area contributed by atoms with Gasteiger partial charge in [0.2, 0.25) is 0 Å². The lowest BCUT2D eigenvalue weighted by molar-refractivity contribution is -0.0885. The van der Waals surface area contributed by atoms with Gasteiger partial charge >= 0.3 is 6.18 Å². The molecule has 0 fully saturated rings. The van der Waals surface area contributed by atoms with Crippen molar-refractivity contribution in [3.05, 3.63) is 23.8 Å². The van der Waals surface area contributed by atoms with Crippen molar-refractivity contribution in [1.82, 2.24) is 0 Å². The van der Waals surface area contributed by atoms with Gasteiger partial charge in [0.25, 0.3) is 5.78 Å². The van der Waals surface area contributed by atoms with Crippen LogP contribution in [0.25, 0.3) is 0 Å². The Bertz CT molecular complexity index is 387. The fraction of sp³-hybridized carbons (Fsp3) is 0.222. The van der Waals surface area contributed by atoms with E-state index in [-0.39, 0.29) is 5.75 Å². The van der Waals surface area contributed by atoms with Crippen LogP contribution < -0.4 is 4.74 Å². The van der Waals surface area contributed by atoms with Crippen LogP contribution in [0.15, 0.2) is 23.1 Å². The van der Waals surface area contributed by atoms with Gasteiger partial charge in [0.1, 0.15) is 5.75 Å². The van der Waals surface area contributed by atoms with Crippen LogP contribution in [0.1, 0.15) is 10.4 Å². The fourth-order valence-electron chi connectivity index (χ4n) is 0.983. The quantitative estimate of drug-likeness (QED) is 0.631. The van der Waals surface area contributed by atoms with Gasteiger partial charge in [-0.1, -0.05) is 0 Å². The van der Waals surface area contributed by atoms with Crippen molar-refractivity contribution >= 4 is 18.4 Å². The van der Waals surface area contributed by atoms with Crippen LogP contribution in [0, 0.1) is 0 Å². The predicted molar refractivity (Wildman–Crippen MR) is 50.6 cm³/mol. The Labute approximate surface area is 89.5 Å². The first-order chi connectivity index (χ1) is 6.86. The third-order valence-electron chi connectivity index (χ3n) is 1.70. The van der Waals surface area contributed by atoms with E-state index in [9.17, 15) is 18.0 Å². The maximum absolute atomic E-state index is 12.1. The second kappa shape index (κ2) is 4.14. The lowest BCUT2D eigenvalue weighted by Crippen LogP contribution is -2.22. The molecule has 82 valence electrons. The zero-order valence-corrected chi connectivity index (χ0v) is 8.52. The Kier molecular flexibility index (Phi) is 3.28. The van der Waals surface area contributed by atoms with Gasteiger partial charge in [-0.25, -0.2) is 0 Å². The number of thiol groups is 1. The monoisotopic (exact) mass is 236 g/mol. The number of ether oxygens (including phenoxy) is 1. The van der Waals surface area contributed by atoms with E-state index in [4.69, 9.17) is 4.74 Å². The van der Waals surface area contributed by atoms with Crippen LogP contribution in [-0.2, 0) is 0 Å². The Hall–Kier alpha value is -1.17. The second-order valence-electron chi connectivity index (χ2n) is 2.71. The van der Waals surface area contributed by atoms with Crippen molar-refractivity contribution < 1.29 is 22.7 Å². The average molecular weight is 236 g/mol. The van der Waals surface area contributed by atoms with Crippen LogP contribution in [0.4, 0.5) is 13.2 Å². The van der Waals surface area contributed by atoms with E-state index in [0.717, 1.165) is 12.1 Å². The molecule has 0 N–H and O–H groups in total. The first kappa shape index (κ1) is 11.9. The van der Waals surface area contributed by atoms with Gasteiger partial charge < -0.3 is 4.74 Å². The minimum Gasteiger partial charge on any atom is -0.496 e. The Morgan fingerprint density at radius 1 is 1.40 bits per heavy atom. The molecule has 2 nitrogen and oxygen atoms in total. The average Bonchev–Trinajstić information content (AvgIpc) is 2.16. The Morgan fingerprint density at radius 3 is 2.47 bits per heavy atom. The molecule has 0 spiro atoms. The number of hydrogen-bond acceptors (Lipinski definition) is 3. The highest BCUT2D eigenvalue weighted by atomic mass is 32.1. The highest BCUT2D eigenvalue weighted by molar-refractivity contribution is 7.80. The Morgan fingerprint density at radius 2 is 2.00 bits per heavy atom. The van der Waals surface area contributed by atoms with Gasteiger partial charge in [-0.05, 0) is 18.2 Å². The van der Waals surface area contributed by atoms with Gasteiger partial charge in [-0.15, -0.1) is 12.6 Å². The Balaban J connectivity index is 3.12. The maximum Gasteiger partial charge on any atom is 0.454 e. The number of halogens is 3. The number of alkyl halides is 3. The summed E-state index contributed by atoms with van der Waals surface area (Å²) in [5.74, 6) is -1.76. The van der Waals surface area contributed by atoms with Gasteiger partial charge in [0.05, 0.1) is 7.11 Å². The van der Waals surface area contributed by atoms with Crippen molar-refractivity contribution in [3.63, 3.8) is 0 Å². The minimum atomic E-state index is -4.87. The number of hydrogen-bond donors (Lipinski definition) is 1. The molecule has 1 aromatic carbocycles. The highest BCUT2D eigenvalue weighted by Gasteiger charge is 2.39. The zero-order chi connectivity index (χ0) is 11.6. The lowest BCUT2D eigenvalue weighted by Gasteiger charge is -2.08. The summed E-state index contributed by atoms with van der Waals surface area (Å²) < 4.78 is 40.9. The van der Waals surface area contributed by atoms with E-state index < -0.39 is 17.5 Å². The molecule has 6 heteroatoms. The molecule has 1 aromatic rings. The summed E-state index contributed by atoms with van der Waals surface area (Å²) in [7, 11) is 1.29. The van der Waals surface area contributed by atoms with E-state index >= 15 is 0 Å². The molecule has 0 saturated carbocycles. The number of ketones is 1. The zero-order valence-electron chi connectivity index (χ0n) is 7.63. The molecule has 0 bridgehead atoms. The molecular weight excluding hydrogens is 229 g/mol. The summed E-state index contributed by atoms with van der Waals surface area (Å²) in [6.45, 7) is 0. The topological polar surface area (TPSA) is 26.3 Å². The summed E-state index contributed by atoms with van der Waals surface area (Å²) in [5, 5.41) is 0. The number of carbonyl (C=O) groups is 1. The summed E-state index contributed by atoms with van der Waals surface area (Å²) in [5.41, 5.74) is -0.461. The van der Waals surface area contributed by atoms with Crippen molar-refractivity contribution in [2.45, 2.75) is 11.1 Å². The van der Waals surface area contributed by atoms with Crippen molar-refractivity contribution in [1.29, 1.82) is 0 Å². The minimum absolute atomic E-state index is 0.133. The molecule has 0 heterocycles. The summed E-state index contributed by atoms with van der Waals surface area (Å²) >= 11 is 3.95. The number of carbonyl (C=O) groups excluding carboxylic acids is 1. The van der Waals surface area contributed by atoms with Gasteiger partial charge in [-0.2, -0.15) is 13.2 Å². The molecule has 0 aliphatic heterocycles. The summed E-state index contributed by atoms with van der Waals surface area (Å²) in [6, 6.07) is 3.35. The molecule has 0 unspecified atom stereocenters. The second-order valence-corrected chi connectivity index (χ2v) is 3.20. The first-order valence-corrected chi connectivity index (χ1v) is 4.29. The number of rotatable bonds is 2. The molecule has 15 heavy (non-hydrogen) atoms. The third kappa shape index (κ3) is 2.65. The highest BCUT2D eigenvalue weighted by Crippen LogP contribution is 2.27. The molecule has 0 aliphatic carbocycles. The SMILES string of the molecule is COc1cc(C(=O)C(F)(F)F)ccc1S. The van der Waals surface area contributed by atoms with E-state index in [1.807, 2.05) is 0 Å². The molecule has 0 aromatic heterocycles. The van der Waals surface area contributed by atoms with Crippen LogP contribution in [0.5, 0.6) is 5.75 Å². The van der Waals surface area contributed by atoms with Gasteiger partial charge in [0.15, 0.2) is 0 Å². The van der Waals surface area contributed by atoms with Gasteiger partial charge in [0, 0.05) is 10.5 Å². The van der Waals surface area contributed by atoms with E-state index in [0.29, 0.717) is 4.90 Å². The predicted octanol–water partition coefficient (Wildman–Crippen LogP) is 2.73. The molecule has 0 atom stereocenters. The molecule has 0 amide bonds. The largest absolute Gasteiger partial charge is 0.496 e. The van der Waals surface area contributed by atoms with Crippen molar-refractivity contribution in [2.75, 3.05) is 7.11 Å². The van der Waals surface area contributed by atoms with Crippen molar-refractivity contribution in [2.24, 2.45) is 0 Å². The van der Waals surface area contributed by atoms with E-state index in [2.05, 4.69) is 12.6 Å². The van der Waals surface area contributed by atoms with Crippen LogP contribution >= 0.6 is 12.6 Å². The molecule has 0 aliphatic rings. The molecular formula is C9H7F3O2S. The number of methoxy groups -OCH3 is 1. The maximum atomic E-state index is 12.1. The summed E-state index contributed by atoms with van der Waals surface area (Å²) in [4.78, 5) is 11.2. The van der Waals surface area contributed by atoms with Crippen LogP contribution in [0.3, 0.4) is 0 Å². The normalized spacial score (nSPS) is 11.3. The van der Waals surface area contributed by atoms with E-state index in [1.165, 1.54) is 13.2 Å². The molecule has 1 rings (SSSR count). The first-order valence-electron chi connectivity index (χ1n) is 3.85. The standard InChI is InChI=1S/C9H7F3O2S/c1-14-6-4-5(2-3-7(6)15)8(13)9(10,11)12/h2-4,15H,1H3.